The maximum absolute atomic E-state index is 11.8. The Morgan fingerprint density at radius 3 is 2.69 bits per heavy atom. The number of halogens is 1. The average molecular weight is 262 g/mol. The maximum Gasteiger partial charge on any atom is 0.278 e. The summed E-state index contributed by atoms with van der Waals surface area (Å²) in [5.74, 6) is 0. The summed E-state index contributed by atoms with van der Waals surface area (Å²) in [5, 5.41) is -0.329. The third-order valence-corrected chi connectivity index (χ3v) is 3.81. The molecule has 0 radical (unpaired) electrons. The molecule has 0 atom stereocenters. The van der Waals surface area contributed by atoms with Crippen LogP contribution < -0.4 is 0 Å². The number of sulfonamides is 1. The Balaban J connectivity index is 2.72. The molecule has 0 amide bonds. The van der Waals surface area contributed by atoms with Crippen LogP contribution in [-0.4, -0.2) is 46.8 Å². The van der Waals surface area contributed by atoms with E-state index in [1.165, 1.54) is 20.4 Å². The molecule has 2 aromatic heterocycles. The Hall–Kier alpha value is -1.25. The van der Waals surface area contributed by atoms with Gasteiger partial charge in [-0.05, 0) is 0 Å². The minimum Gasteiger partial charge on any atom is -0.341 e. The lowest BCUT2D eigenvalue weighted by molar-refractivity contribution is 0.512. The van der Waals surface area contributed by atoms with Crippen LogP contribution in [0.3, 0.4) is 0 Å². The summed E-state index contributed by atoms with van der Waals surface area (Å²) >= 11 is 5.81. The molecule has 0 aliphatic rings. The molecule has 0 aliphatic heterocycles. The molecule has 1 N–H and O–H groups in total. The highest BCUT2D eigenvalue weighted by Gasteiger charge is 2.23. The van der Waals surface area contributed by atoms with Crippen LogP contribution in [0, 0.1) is 0 Å². The quantitative estimate of drug-likeness (QED) is 0.618. The van der Waals surface area contributed by atoms with Crippen molar-refractivity contribution in [2.75, 3.05) is 14.1 Å². The van der Waals surface area contributed by atoms with Crippen LogP contribution in [0.25, 0.3) is 11.2 Å². The Labute approximate surface area is 96.5 Å². The smallest absolute Gasteiger partial charge is 0.278 e. The molecule has 2 rings (SSSR count). The molecule has 0 saturated carbocycles. The zero-order valence-corrected chi connectivity index (χ0v) is 10.0. The summed E-state index contributed by atoms with van der Waals surface area (Å²) in [6, 6.07) is 0. The zero-order chi connectivity index (χ0) is 11.9. The van der Waals surface area contributed by atoms with Crippen LogP contribution in [0.4, 0.5) is 0 Å². The van der Waals surface area contributed by atoms with Crippen molar-refractivity contribution in [3.05, 3.63) is 11.5 Å². The van der Waals surface area contributed by atoms with Gasteiger partial charge in [-0.2, -0.15) is 4.98 Å². The molecule has 0 unspecified atom stereocenters. The number of aromatic nitrogens is 4. The number of rotatable bonds is 2. The van der Waals surface area contributed by atoms with Crippen molar-refractivity contribution in [1.29, 1.82) is 0 Å². The number of fused-ring (bicyclic) bond motifs is 1. The highest BCUT2D eigenvalue weighted by molar-refractivity contribution is 7.88. The molecule has 2 aromatic rings. The molecule has 7 nitrogen and oxygen atoms in total. The molecule has 0 saturated heterocycles. The molecule has 0 aliphatic carbocycles. The number of H-pyrrole nitrogens is 1. The standard InChI is InChI=1S/C7H8ClN5O2S/c1-13(2)16(14,15)7-11-5(8)4-6(12-7)10-3-9-4/h3H,1-2H3,(H,9,10,11,12). The van der Waals surface area contributed by atoms with Crippen molar-refractivity contribution in [1.82, 2.24) is 24.2 Å². The summed E-state index contributed by atoms with van der Waals surface area (Å²) in [5.41, 5.74) is 0.639. The first-order valence-electron chi connectivity index (χ1n) is 4.22. The molecule has 0 spiro atoms. The number of nitrogens with one attached hydrogen (secondary N) is 1. The molecule has 2 heterocycles. The van der Waals surface area contributed by atoms with E-state index in [-0.39, 0.29) is 16.0 Å². The van der Waals surface area contributed by atoms with E-state index in [0.717, 1.165) is 4.31 Å². The first-order chi connectivity index (χ1) is 7.43. The van der Waals surface area contributed by atoms with Crippen LogP contribution >= 0.6 is 11.6 Å². The Morgan fingerprint density at radius 2 is 2.06 bits per heavy atom. The second-order valence-corrected chi connectivity index (χ2v) is 5.59. The fourth-order valence-electron chi connectivity index (χ4n) is 1.06. The average Bonchev–Trinajstić information content (AvgIpc) is 2.65. The van der Waals surface area contributed by atoms with Gasteiger partial charge in [0.1, 0.15) is 5.52 Å². The predicted molar refractivity (Wildman–Crippen MR) is 57.6 cm³/mol. The predicted octanol–water partition coefficient (Wildman–Crippen LogP) is 0.257. The number of hydrogen-bond donors (Lipinski definition) is 1. The molecule has 0 fully saturated rings. The molecular weight excluding hydrogens is 254 g/mol. The van der Waals surface area contributed by atoms with E-state index < -0.39 is 10.0 Å². The van der Waals surface area contributed by atoms with Crippen LogP contribution in [0.5, 0.6) is 0 Å². The van der Waals surface area contributed by atoms with Crippen molar-refractivity contribution in [3.63, 3.8) is 0 Å². The largest absolute Gasteiger partial charge is 0.341 e. The monoisotopic (exact) mass is 261 g/mol. The molecular formula is C7H8ClN5O2S. The highest BCUT2D eigenvalue weighted by atomic mass is 35.5. The van der Waals surface area contributed by atoms with E-state index in [1.807, 2.05) is 0 Å². The van der Waals surface area contributed by atoms with Crippen molar-refractivity contribution in [2.45, 2.75) is 5.16 Å². The van der Waals surface area contributed by atoms with Crippen molar-refractivity contribution < 1.29 is 8.42 Å². The second-order valence-electron chi connectivity index (χ2n) is 3.19. The fourth-order valence-corrected chi connectivity index (χ4v) is 2.06. The summed E-state index contributed by atoms with van der Waals surface area (Å²) in [4.78, 5) is 14.1. The minimum atomic E-state index is -3.70. The number of aromatic amines is 1. The summed E-state index contributed by atoms with van der Waals surface area (Å²) in [6.45, 7) is 0. The van der Waals surface area contributed by atoms with Gasteiger partial charge in [-0.3, -0.25) is 0 Å². The van der Waals surface area contributed by atoms with Crippen molar-refractivity contribution in [3.8, 4) is 0 Å². The fraction of sp³-hybridized carbons (Fsp3) is 0.286. The SMILES string of the molecule is CN(C)S(=O)(=O)c1nc(Cl)c2[nH]cnc2n1. The molecule has 0 aromatic carbocycles. The first kappa shape index (κ1) is 11.2. The van der Waals surface area contributed by atoms with Gasteiger partial charge in [0.25, 0.3) is 15.2 Å². The highest BCUT2D eigenvalue weighted by Crippen LogP contribution is 2.19. The van der Waals surface area contributed by atoms with E-state index >= 15 is 0 Å². The Bertz CT molecular complexity index is 635. The van der Waals surface area contributed by atoms with Gasteiger partial charge < -0.3 is 4.98 Å². The van der Waals surface area contributed by atoms with Gasteiger partial charge >= 0.3 is 0 Å². The summed E-state index contributed by atoms with van der Waals surface area (Å²) < 4.78 is 24.5. The van der Waals surface area contributed by atoms with Gasteiger partial charge in [-0.15, -0.1) is 0 Å². The van der Waals surface area contributed by atoms with E-state index in [1.54, 1.807) is 0 Å². The van der Waals surface area contributed by atoms with Gasteiger partial charge in [0.2, 0.25) is 0 Å². The van der Waals surface area contributed by atoms with E-state index in [4.69, 9.17) is 11.6 Å². The summed E-state index contributed by atoms with van der Waals surface area (Å²) in [6.07, 6.45) is 1.37. The number of nitrogens with zero attached hydrogens (tertiary/aromatic N) is 4. The lowest BCUT2D eigenvalue weighted by Crippen LogP contribution is -2.24. The lowest BCUT2D eigenvalue weighted by atomic mass is 10.6. The summed E-state index contributed by atoms with van der Waals surface area (Å²) in [7, 11) is -0.916. The van der Waals surface area contributed by atoms with Gasteiger partial charge in [-0.25, -0.2) is 22.7 Å². The molecule has 0 bridgehead atoms. The van der Waals surface area contributed by atoms with Gasteiger partial charge in [0.05, 0.1) is 6.33 Å². The van der Waals surface area contributed by atoms with Gasteiger partial charge in [0.15, 0.2) is 10.8 Å². The van der Waals surface area contributed by atoms with E-state index in [0.29, 0.717) is 5.52 Å². The number of imidazole rings is 1. The Kier molecular flexibility index (Phi) is 2.56. The van der Waals surface area contributed by atoms with Crippen LogP contribution in [0.1, 0.15) is 0 Å². The van der Waals surface area contributed by atoms with Crippen LogP contribution in [0.2, 0.25) is 5.15 Å². The van der Waals surface area contributed by atoms with Crippen molar-refractivity contribution >= 4 is 32.8 Å². The second kappa shape index (κ2) is 3.65. The lowest BCUT2D eigenvalue weighted by Gasteiger charge is -2.09. The molecule has 86 valence electrons. The third kappa shape index (κ3) is 1.64. The topological polar surface area (TPSA) is 91.8 Å². The minimum absolute atomic E-state index is 0.0305. The zero-order valence-electron chi connectivity index (χ0n) is 8.47. The normalized spacial score (nSPS) is 12.5. The van der Waals surface area contributed by atoms with Crippen LogP contribution in [-0.2, 0) is 10.0 Å². The number of hydrogen-bond acceptors (Lipinski definition) is 5. The van der Waals surface area contributed by atoms with Gasteiger partial charge in [-0.1, -0.05) is 11.6 Å². The third-order valence-electron chi connectivity index (χ3n) is 1.93. The van der Waals surface area contributed by atoms with Gasteiger partial charge in [0, 0.05) is 14.1 Å². The molecule has 16 heavy (non-hydrogen) atoms. The first-order valence-corrected chi connectivity index (χ1v) is 6.04. The van der Waals surface area contributed by atoms with E-state index in [2.05, 4.69) is 19.9 Å². The Morgan fingerprint density at radius 1 is 1.38 bits per heavy atom. The maximum atomic E-state index is 11.8. The van der Waals surface area contributed by atoms with E-state index in [9.17, 15) is 8.42 Å². The van der Waals surface area contributed by atoms with Crippen molar-refractivity contribution in [2.24, 2.45) is 0 Å². The molecule has 9 heteroatoms. The van der Waals surface area contributed by atoms with Crippen LogP contribution in [0.15, 0.2) is 11.5 Å².